The fourth-order valence-corrected chi connectivity index (χ4v) is 4.26. The molecule has 106 valence electrons. The maximum Gasteiger partial charge on any atom is 0.147 e. The number of hydrogen-bond donors (Lipinski definition) is 1. The smallest absolute Gasteiger partial charge is 0.147 e. The first-order valence-electron chi connectivity index (χ1n) is 7.45. The molecule has 0 bridgehead atoms. The van der Waals surface area contributed by atoms with E-state index in [1.54, 1.807) is 0 Å². The number of nitrogens with two attached hydrogens (primary N) is 1. The highest BCUT2D eigenvalue weighted by Gasteiger charge is 2.42. The van der Waals surface area contributed by atoms with E-state index < -0.39 is 0 Å². The Kier molecular flexibility index (Phi) is 3.35. The molecule has 2 aliphatic rings. The second-order valence-corrected chi connectivity index (χ2v) is 6.64. The zero-order valence-electron chi connectivity index (χ0n) is 12.0. The van der Waals surface area contributed by atoms with E-state index in [-0.39, 0.29) is 5.54 Å². The monoisotopic (exact) mass is 263 g/mol. The van der Waals surface area contributed by atoms with Crippen molar-refractivity contribution in [1.29, 1.82) is 0 Å². The van der Waals surface area contributed by atoms with Crippen LogP contribution < -0.4 is 5.73 Å². The summed E-state index contributed by atoms with van der Waals surface area (Å²) in [4.78, 5) is 2.57. The van der Waals surface area contributed by atoms with E-state index in [1.807, 2.05) is 6.33 Å². The average Bonchev–Trinajstić information content (AvgIpc) is 2.84. The van der Waals surface area contributed by atoms with Gasteiger partial charge in [0.25, 0.3) is 0 Å². The highest BCUT2D eigenvalue weighted by molar-refractivity contribution is 5.02. The molecule has 0 spiro atoms. The molecule has 1 aromatic rings. The van der Waals surface area contributed by atoms with Crippen LogP contribution in [0.1, 0.15) is 38.9 Å². The Labute approximate surface area is 115 Å². The van der Waals surface area contributed by atoms with E-state index in [0.29, 0.717) is 0 Å². The van der Waals surface area contributed by atoms with Gasteiger partial charge in [0.2, 0.25) is 0 Å². The molecule has 2 atom stereocenters. The Morgan fingerprint density at radius 3 is 2.74 bits per heavy atom. The Balaban J connectivity index is 1.83. The normalized spacial score (nSPS) is 36.2. The molecule has 0 radical (unpaired) electrons. The Morgan fingerprint density at radius 1 is 1.32 bits per heavy atom. The third-order valence-electron chi connectivity index (χ3n) is 4.95. The van der Waals surface area contributed by atoms with E-state index in [2.05, 4.69) is 33.5 Å². The third kappa shape index (κ3) is 2.30. The van der Waals surface area contributed by atoms with Crippen molar-refractivity contribution < 1.29 is 0 Å². The van der Waals surface area contributed by atoms with Gasteiger partial charge >= 0.3 is 0 Å². The second-order valence-electron chi connectivity index (χ2n) is 6.64. The molecular weight excluding hydrogens is 238 g/mol. The molecule has 3 rings (SSSR count). The van der Waals surface area contributed by atoms with Crippen LogP contribution in [0.25, 0.3) is 0 Å². The highest BCUT2D eigenvalue weighted by Crippen LogP contribution is 2.40. The summed E-state index contributed by atoms with van der Waals surface area (Å²) in [5, 5.41) is 8.25. The number of nitrogens with zero attached hydrogens (tertiary/aromatic N) is 4. The van der Waals surface area contributed by atoms with E-state index in [1.165, 1.54) is 19.3 Å². The van der Waals surface area contributed by atoms with Crippen molar-refractivity contribution in [2.45, 2.75) is 51.7 Å². The molecule has 2 heterocycles. The Morgan fingerprint density at radius 2 is 2.05 bits per heavy atom. The van der Waals surface area contributed by atoms with Crippen molar-refractivity contribution in [2.75, 3.05) is 13.1 Å². The zero-order chi connectivity index (χ0) is 13.5. The van der Waals surface area contributed by atoms with Crippen molar-refractivity contribution in [2.24, 2.45) is 17.6 Å². The average molecular weight is 263 g/mol. The first kappa shape index (κ1) is 13.1. The highest BCUT2D eigenvalue weighted by atomic mass is 15.3. The molecule has 0 saturated heterocycles. The van der Waals surface area contributed by atoms with Crippen molar-refractivity contribution in [3.63, 3.8) is 0 Å². The molecule has 1 aromatic heterocycles. The van der Waals surface area contributed by atoms with Crippen molar-refractivity contribution in [3.8, 4) is 0 Å². The summed E-state index contributed by atoms with van der Waals surface area (Å²) in [5.41, 5.74) is 6.38. The fourth-order valence-electron chi connectivity index (χ4n) is 4.26. The van der Waals surface area contributed by atoms with E-state index in [4.69, 9.17) is 5.73 Å². The predicted octanol–water partition coefficient (Wildman–Crippen LogP) is 1.25. The quantitative estimate of drug-likeness (QED) is 0.872. The maximum absolute atomic E-state index is 6.20. The van der Waals surface area contributed by atoms with Crippen molar-refractivity contribution in [1.82, 2.24) is 19.7 Å². The molecule has 1 aliphatic heterocycles. The molecular formula is C14H25N5. The summed E-state index contributed by atoms with van der Waals surface area (Å²) >= 11 is 0. The van der Waals surface area contributed by atoms with Crippen LogP contribution in [0.5, 0.6) is 0 Å². The molecule has 5 nitrogen and oxygen atoms in total. The predicted molar refractivity (Wildman–Crippen MR) is 74.4 cm³/mol. The van der Waals surface area contributed by atoms with Crippen LogP contribution in [0.15, 0.2) is 6.33 Å². The second kappa shape index (κ2) is 4.87. The topological polar surface area (TPSA) is 60.0 Å². The van der Waals surface area contributed by atoms with Gasteiger partial charge in [-0.15, -0.1) is 10.2 Å². The molecule has 1 fully saturated rings. The van der Waals surface area contributed by atoms with Gasteiger partial charge in [0.1, 0.15) is 12.2 Å². The zero-order valence-corrected chi connectivity index (χ0v) is 12.0. The third-order valence-corrected chi connectivity index (χ3v) is 4.95. The standard InChI is InChI=1S/C14H25N5/c1-11-5-12(2)7-14(6-11,9-15)19-4-3-18-10-16-17-13(18)8-19/h10-12H,3-9,15H2,1-2H3. The summed E-state index contributed by atoms with van der Waals surface area (Å²) in [6.45, 7) is 8.46. The van der Waals surface area contributed by atoms with Gasteiger partial charge in [-0.05, 0) is 31.1 Å². The molecule has 0 aromatic carbocycles. The number of rotatable bonds is 2. The Bertz CT molecular complexity index is 431. The lowest BCUT2D eigenvalue weighted by atomic mass is 9.70. The summed E-state index contributed by atoms with van der Waals surface area (Å²) in [6.07, 6.45) is 5.63. The summed E-state index contributed by atoms with van der Waals surface area (Å²) < 4.78 is 2.16. The molecule has 2 N–H and O–H groups in total. The van der Waals surface area contributed by atoms with Gasteiger partial charge in [-0.25, -0.2) is 0 Å². The number of hydrogen-bond acceptors (Lipinski definition) is 4. The van der Waals surface area contributed by atoms with Gasteiger partial charge < -0.3 is 10.3 Å². The van der Waals surface area contributed by atoms with Gasteiger partial charge in [-0.1, -0.05) is 13.8 Å². The van der Waals surface area contributed by atoms with E-state index in [0.717, 1.165) is 43.8 Å². The van der Waals surface area contributed by atoms with Gasteiger partial charge in [-0.3, -0.25) is 4.90 Å². The van der Waals surface area contributed by atoms with Crippen LogP contribution >= 0.6 is 0 Å². The van der Waals surface area contributed by atoms with Gasteiger partial charge in [0.15, 0.2) is 0 Å². The number of fused-ring (bicyclic) bond motifs is 1. The molecule has 19 heavy (non-hydrogen) atoms. The van der Waals surface area contributed by atoms with Crippen LogP contribution in [-0.2, 0) is 13.1 Å². The summed E-state index contributed by atoms with van der Waals surface area (Å²) in [7, 11) is 0. The summed E-state index contributed by atoms with van der Waals surface area (Å²) in [5.74, 6) is 2.63. The van der Waals surface area contributed by atoms with E-state index >= 15 is 0 Å². The van der Waals surface area contributed by atoms with Gasteiger partial charge in [-0.2, -0.15) is 0 Å². The van der Waals surface area contributed by atoms with Crippen molar-refractivity contribution in [3.05, 3.63) is 12.2 Å². The maximum atomic E-state index is 6.20. The molecule has 5 heteroatoms. The first-order chi connectivity index (χ1) is 9.13. The molecule has 1 saturated carbocycles. The Hall–Kier alpha value is -0.940. The molecule has 1 aliphatic carbocycles. The lowest BCUT2D eigenvalue weighted by Crippen LogP contribution is -2.59. The van der Waals surface area contributed by atoms with Crippen LogP contribution in [0.3, 0.4) is 0 Å². The largest absolute Gasteiger partial charge is 0.329 e. The SMILES string of the molecule is CC1CC(C)CC(CN)(N2CCn3cnnc3C2)C1. The van der Waals surface area contributed by atoms with Crippen LogP contribution in [0.4, 0.5) is 0 Å². The fraction of sp³-hybridized carbons (Fsp3) is 0.857. The minimum atomic E-state index is 0.175. The molecule has 0 amide bonds. The van der Waals surface area contributed by atoms with E-state index in [9.17, 15) is 0 Å². The van der Waals surface area contributed by atoms with Crippen LogP contribution in [0, 0.1) is 11.8 Å². The molecule has 2 unspecified atom stereocenters. The van der Waals surface area contributed by atoms with Crippen LogP contribution in [-0.4, -0.2) is 38.3 Å². The summed E-state index contributed by atoms with van der Waals surface area (Å²) in [6, 6.07) is 0. The van der Waals surface area contributed by atoms with Crippen LogP contribution in [0.2, 0.25) is 0 Å². The lowest BCUT2D eigenvalue weighted by molar-refractivity contribution is -0.0000151. The minimum Gasteiger partial charge on any atom is -0.329 e. The lowest BCUT2D eigenvalue weighted by Gasteiger charge is -2.50. The van der Waals surface area contributed by atoms with Crippen molar-refractivity contribution >= 4 is 0 Å². The minimum absolute atomic E-state index is 0.175. The van der Waals surface area contributed by atoms with Gasteiger partial charge in [0, 0.05) is 25.2 Å². The first-order valence-corrected chi connectivity index (χ1v) is 7.45. The van der Waals surface area contributed by atoms with Gasteiger partial charge in [0.05, 0.1) is 6.54 Å². The number of aromatic nitrogens is 3.